The zero-order valence-corrected chi connectivity index (χ0v) is 16.4. The summed E-state index contributed by atoms with van der Waals surface area (Å²) in [5, 5.41) is -1.10. The summed E-state index contributed by atoms with van der Waals surface area (Å²) < 4.78 is 46.5. The number of unbranched alkanes of at least 4 members (excludes halogenated alkanes) is 4. The average molecular weight is 374 g/mol. The van der Waals surface area contributed by atoms with Crippen molar-refractivity contribution in [2.45, 2.75) is 75.7 Å². The monoisotopic (exact) mass is 373 g/mol. The zero-order chi connectivity index (χ0) is 17.9. The molecule has 1 rings (SSSR count). The number of rotatable bonds is 12. The first-order chi connectivity index (χ1) is 11.5. The van der Waals surface area contributed by atoms with Crippen LogP contribution in [0.15, 0.2) is 18.2 Å². The molecule has 0 fully saturated rings. The largest absolute Gasteiger partial charge is 0.231 e. The predicted molar refractivity (Wildman–Crippen MR) is 99.7 cm³/mol. The molecule has 0 aliphatic rings. The van der Waals surface area contributed by atoms with Gasteiger partial charge in [-0.3, -0.25) is 0 Å². The maximum atomic E-state index is 11.6. The third-order valence-corrected chi connectivity index (χ3v) is 6.40. The van der Waals surface area contributed by atoms with Crippen LogP contribution in [0.4, 0.5) is 0 Å². The molecule has 0 N–H and O–H groups in total. The fourth-order valence-electron chi connectivity index (χ4n) is 2.86. The second kappa shape index (κ2) is 11.6. The summed E-state index contributed by atoms with van der Waals surface area (Å²) in [6.45, 7) is 4.15. The summed E-state index contributed by atoms with van der Waals surface area (Å²) in [5.41, 5.74) is 1.33. The first-order valence-electron chi connectivity index (χ1n) is 8.79. The summed E-state index contributed by atoms with van der Waals surface area (Å²) in [5.74, 6) is 0. The van der Waals surface area contributed by atoms with Crippen LogP contribution in [0.1, 0.15) is 86.8 Å². The highest BCUT2D eigenvalue weighted by molar-refractivity contribution is 7.73. The molecule has 1 aromatic rings. The molecule has 1 radical (unpaired) electrons. The Morgan fingerprint density at radius 3 is 1.54 bits per heavy atom. The minimum Gasteiger partial charge on any atom is -0.231 e. The molecule has 4 nitrogen and oxygen atoms in total. The molecule has 0 saturated heterocycles. The molecule has 2 unspecified atom stereocenters. The zero-order valence-electron chi connectivity index (χ0n) is 14.6. The second-order valence-corrected chi connectivity index (χ2v) is 8.58. The van der Waals surface area contributed by atoms with Crippen molar-refractivity contribution in [3.05, 3.63) is 35.4 Å². The molecule has 137 valence electrons. The summed E-state index contributed by atoms with van der Waals surface area (Å²) >= 11 is 0. The molecule has 6 heteroatoms. The Morgan fingerprint density at radius 2 is 1.21 bits per heavy atom. The van der Waals surface area contributed by atoms with E-state index < -0.39 is 31.9 Å². The summed E-state index contributed by atoms with van der Waals surface area (Å²) in [7, 11) is -5.18. The van der Waals surface area contributed by atoms with Crippen molar-refractivity contribution in [1.29, 1.82) is 0 Å². The van der Waals surface area contributed by atoms with Crippen molar-refractivity contribution >= 4 is 21.4 Å². The van der Waals surface area contributed by atoms with E-state index in [1.54, 1.807) is 18.2 Å². The second-order valence-electron chi connectivity index (χ2n) is 6.19. The van der Waals surface area contributed by atoms with Gasteiger partial charge in [-0.1, -0.05) is 58.4 Å². The van der Waals surface area contributed by atoms with Gasteiger partial charge in [0.1, 0.15) is 21.4 Å². The lowest BCUT2D eigenvalue weighted by Gasteiger charge is -2.15. The molecule has 24 heavy (non-hydrogen) atoms. The first-order valence-corrected chi connectivity index (χ1v) is 11.3. The SMILES string of the molecule is CCCCCC(c1c[c]cc(C(CCCCC)[SH](=O)=O)c1)[SH](=O)=O. The Kier molecular flexibility index (Phi) is 10.3. The van der Waals surface area contributed by atoms with Crippen molar-refractivity contribution in [3.8, 4) is 0 Å². The fourth-order valence-corrected chi connectivity index (χ4v) is 4.43. The number of hydrogen-bond donors (Lipinski definition) is 2. The Bertz CT molecular complexity index is 568. The van der Waals surface area contributed by atoms with Crippen LogP contribution < -0.4 is 0 Å². The van der Waals surface area contributed by atoms with E-state index in [1.807, 2.05) is 0 Å². The summed E-state index contributed by atoms with van der Waals surface area (Å²) in [4.78, 5) is 0. The number of hydrogen-bond acceptors (Lipinski definition) is 4. The molecule has 0 amide bonds. The molecule has 0 heterocycles. The number of thiol groups is 2. The average Bonchev–Trinajstić information content (AvgIpc) is 2.55. The van der Waals surface area contributed by atoms with Gasteiger partial charge < -0.3 is 0 Å². The molecule has 0 aliphatic carbocycles. The Hall–Kier alpha value is -0.880. The highest BCUT2D eigenvalue weighted by Crippen LogP contribution is 2.29. The van der Waals surface area contributed by atoms with Gasteiger partial charge in [0.25, 0.3) is 0 Å². The Labute approximate surface area is 149 Å². The van der Waals surface area contributed by atoms with E-state index >= 15 is 0 Å². The summed E-state index contributed by atoms with van der Waals surface area (Å²) in [6.07, 6.45) is 6.91. The highest BCUT2D eigenvalue weighted by Gasteiger charge is 2.19. The predicted octanol–water partition coefficient (Wildman–Crippen LogP) is 3.95. The molecule has 0 saturated carbocycles. The van der Waals surface area contributed by atoms with E-state index in [0.29, 0.717) is 24.0 Å². The van der Waals surface area contributed by atoms with Crippen molar-refractivity contribution in [3.63, 3.8) is 0 Å². The fraction of sp³-hybridized carbons (Fsp3) is 0.667. The molecule has 0 aliphatic heterocycles. The van der Waals surface area contributed by atoms with Gasteiger partial charge in [-0.25, -0.2) is 16.8 Å². The van der Waals surface area contributed by atoms with Crippen molar-refractivity contribution in [1.82, 2.24) is 0 Å². The topological polar surface area (TPSA) is 68.3 Å². The standard InChI is InChI=1S/C18H29O4S2/c1-3-5-7-12-17(23(19)20)15-10-9-11-16(14-15)18(24(21)22)13-8-6-4-2/h10-11,14,17-18,23-24H,3-8,12-13H2,1-2H3. The number of benzene rings is 1. The van der Waals surface area contributed by atoms with E-state index in [-0.39, 0.29) is 0 Å². The van der Waals surface area contributed by atoms with E-state index in [9.17, 15) is 16.8 Å². The normalized spacial score (nSPS) is 14.2. The minimum absolute atomic E-state index is 0.552. The molecule has 1 aromatic carbocycles. The molecule has 0 spiro atoms. The molecule has 0 aromatic heterocycles. The molecule has 0 bridgehead atoms. The van der Waals surface area contributed by atoms with Gasteiger partial charge in [-0.05, 0) is 42.2 Å². The first kappa shape index (κ1) is 21.2. The van der Waals surface area contributed by atoms with Crippen LogP contribution in [0.5, 0.6) is 0 Å². The quantitative estimate of drug-likeness (QED) is 0.430. The summed E-state index contributed by atoms with van der Waals surface area (Å²) in [6, 6.07) is 8.04. The third-order valence-electron chi connectivity index (χ3n) is 4.27. The maximum Gasteiger partial charge on any atom is 0.147 e. The lowest BCUT2D eigenvalue weighted by molar-refractivity contribution is 0.580. The van der Waals surface area contributed by atoms with Gasteiger partial charge in [0.2, 0.25) is 0 Å². The van der Waals surface area contributed by atoms with Crippen LogP contribution in [-0.4, -0.2) is 16.8 Å². The van der Waals surface area contributed by atoms with Crippen molar-refractivity contribution in [2.75, 3.05) is 0 Å². The highest BCUT2D eigenvalue weighted by atomic mass is 32.2. The van der Waals surface area contributed by atoms with Crippen LogP contribution >= 0.6 is 0 Å². The van der Waals surface area contributed by atoms with Gasteiger partial charge in [-0.2, -0.15) is 0 Å². The third kappa shape index (κ3) is 6.93. The Morgan fingerprint density at radius 1 is 0.792 bits per heavy atom. The van der Waals surface area contributed by atoms with E-state index in [1.165, 1.54) is 0 Å². The lowest BCUT2D eigenvalue weighted by atomic mass is 10.00. The molecule has 2 atom stereocenters. The van der Waals surface area contributed by atoms with Crippen molar-refractivity contribution < 1.29 is 16.8 Å². The van der Waals surface area contributed by atoms with Gasteiger partial charge in [0.05, 0.1) is 10.5 Å². The minimum atomic E-state index is -2.59. The lowest BCUT2D eigenvalue weighted by Crippen LogP contribution is -2.05. The molecular formula is C18H29O4S2. The van der Waals surface area contributed by atoms with Crippen LogP contribution in [0.25, 0.3) is 0 Å². The maximum absolute atomic E-state index is 11.6. The van der Waals surface area contributed by atoms with Gasteiger partial charge >= 0.3 is 0 Å². The van der Waals surface area contributed by atoms with Crippen LogP contribution in [-0.2, 0) is 21.4 Å². The van der Waals surface area contributed by atoms with Crippen LogP contribution in [0, 0.1) is 6.07 Å². The van der Waals surface area contributed by atoms with Crippen LogP contribution in [0.2, 0.25) is 0 Å². The van der Waals surface area contributed by atoms with Gasteiger partial charge in [0, 0.05) is 0 Å². The van der Waals surface area contributed by atoms with Crippen molar-refractivity contribution in [2.24, 2.45) is 0 Å². The molecular weight excluding hydrogens is 344 g/mol. The van der Waals surface area contributed by atoms with Crippen LogP contribution in [0.3, 0.4) is 0 Å². The Balaban J connectivity index is 2.99. The van der Waals surface area contributed by atoms with Gasteiger partial charge in [0.15, 0.2) is 0 Å². The van der Waals surface area contributed by atoms with E-state index in [2.05, 4.69) is 19.9 Å². The smallest absolute Gasteiger partial charge is 0.147 e. The van der Waals surface area contributed by atoms with E-state index in [4.69, 9.17) is 0 Å². The van der Waals surface area contributed by atoms with Gasteiger partial charge in [-0.15, -0.1) is 0 Å². The van der Waals surface area contributed by atoms with E-state index in [0.717, 1.165) is 38.5 Å².